The molecule has 0 saturated carbocycles. The Morgan fingerprint density at radius 3 is 2.55 bits per heavy atom. The number of nitrogens with one attached hydrogen (secondary N) is 1. The number of hydrogen-bond acceptors (Lipinski definition) is 5. The van der Waals surface area contributed by atoms with E-state index in [0.29, 0.717) is 23.9 Å². The number of benzene rings is 1. The van der Waals surface area contributed by atoms with Gasteiger partial charge in [0.2, 0.25) is 0 Å². The molecule has 0 fully saturated rings. The summed E-state index contributed by atoms with van der Waals surface area (Å²) in [5, 5.41) is 7.19. The summed E-state index contributed by atoms with van der Waals surface area (Å²) in [6.45, 7) is 8.67. The van der Waals surface area contributed by atoms with Gasteiger partial charge in [-0.05, 0) is 24.6 Å². The average molecular weight is 304 g/mol. The second-order valence-electron chi connectivity index (χ2n) is 6.12. The van der Waals surface area contributed by atoms with Gasteiger partial charge in [-0.3, -0.25) is 5.10 Å². The number of rotatable bonds is 5. The van der Waals surface area contributed by atoms with Gasteiger partial charge in [-0.25, -0.2) is 4.98 Å². The molecule has 3 N–H and O–H groups in total. The predicted octanol–water partition coefficient (Wildman–Crippen LogP) is 2.56. The van der Waals surface area contributed by atoms with Crippen molar-refractivity contribution in [1.82, 2.24) is 15.2 Å². The van der Waals surface area contributed by atoms with E-state index in [2.05, 4.69) is 36.0 Å². The van der Waals surface area contributed by atoms with Crippen molar-refractivity contribution in [2.24, 2.45) is 5.73 Å². The minimum Gasteiger partial charge on any atom is -0.493 e. The molecule has 6 nitrogen and oxygen atoms in total. The number of methoxy groups -OCH3 is 1. The molecule has 0 aliphatic heterocycles. The Labute approximate surface area is 131 Å². The third-order valence-corrected chi connectivity index (χ3v) is 3.31. The van der Waals surface area contributed by atoms with E-state index in [1.807, 2.05) is 25.1 Å². The minimum absolute atomic E-state index is 0.120. The fourth-order valence-corrected chi connectivity index (χ4v) is 2.06. The van der Waals surface area contributed by atoms with Crippen LogP contribution < -0.4 is 15.2 Å². The summed E-state index contributed by atoms with van der Waals surface area (Å²) in [4.78, 5) is 4.51. The van der Waals surface area contributed by atoms with Crippen LogP contribution in [0.5, 0.6) is 11.5 Å². The van der Waals surface area contributed by atoms with E-state index in [9.17, 15) is 0 Å². The van der Waals surface area contributed by atoms with Crippen molar-refractivity contribution in [3.63, 3.8) is 0 Å². The highest BCUT2D eigenvalue weighted by Crippen LogP contribution is 2.31. The highest BCUT2D eigenvalue weighted by Gasteiger charge is 2.22. The number of nitrogens with two attached hydrogens (primary N) is 1. The molecule has 6 heteroatoms. The number of hydrogen-bond donors (Lipinski definition) is 2. The topological polar surface area (TPSA) is 86.0 Å². The molecule has 0 saturated heterocycles. The summed E-state index contributed by atoms with van der Waals surface area (Å²) < 4.78 is 10.9. The molecule has 0 amide bonds. The standard InChI is InChI=1S/C16H24N4O2/c1-6-22-12-9-10(7-8-11(12)21-5)13(17)14-18-15(20-19-14)16(2,3)4/h7-9,13H,6,17H2,1-5H3,(H,18,19,20)/t13-/m0/s1. The van der Waals surface area contributed by atoms with Gasteiger partial charge in [0.15, 0.2) is 17.3 Å². The first-order chi connectivity index (χ1) is 10.4. The van der Waals surface area contributed by atoms with E-state index in [-0.39, 0.29) is 5.41 Å². The number of ether oxygens (including phenoxy) is 2. The fraction of sp³-hybridized carbons (Fsp3) is 0.500. The van der Waals surface area contributed by atoms with Gasteiger partial charge < -0.3 is 15.2 Å². The maximum absolute atomic E-state index is 6.30. The van der Waals surface area contributed by atoms with Gasteiger partial charge in [-0.15, -0.1) is 0 Å². The first-order valence-electron chi connectivity index (χ1n) is 7.36. The predicted molar refractivity (Wildman–Crippen MR) is 85.3 cm³/mol. The Balaban J connectivity index is 2.31. The van der Waals surface area contributed by atoms with Gasteiger partial charge >= 0.3 is 0 Å². The van der Waals surface area contributed by atoms with Crippen LogP contribution in [0.1, 0.15) is 50.9 Å². The molecule has 2 aromatic rings. The molecular formula is C16H24N4O2. The zero-order chi connectivity index (χ0) is 16.3. The van der Waals surface area contributed by atoms with Crippen LogP contribution in [0.15, 0.2) is 18.2 Å². The van der Waals surface area contributed by atoms with Crippen molar-refractivity contribution < 1.29 is 9.47 Å². The molecular weight excluding hydrogens is 280 g/mol. The Bertz CT molecular complexity index is 631. The highest BCUT2D eigenvalue weighted by atomic mass is 16.5. The molecule has 0 unspecified atom stereocenters. The summed E-state index contributed by atoms with van der Waals surface area (Å²) in [5.41, 5.74) is 7.07. The molecule has 120 valence electrons. The first kappa shape index (κ1) is 16.3. The second-order valence-corrected chi connectivity index (χ2v) is 6.12. The largest absolute Gasteiger partial charge is 0.493 e. The first-order valence-corrected chi connectivity index (χ1v) is 7.36. The highest BCUT2D eigenvalue weighted by molar-refractivity contribution is 5.44. The van der Waals surface area contributed by atoms with E-state index in [1.165, 1.54) is 0 Å². The van der Waals surface area contributed by atoms with Gasteiger partial charge in [0.1, 0.15) is 5.82 Å². The zero-order valence-corrected chi connectivity index (χ0v) is 13.8. The van der Waals surface area contributed by atoms with Crippen LogP contribution in [-0.2, 0) is 5.41 Å². The Morgan fingerprint density at radius 2 is 2.00 bits per heavy atom. The van der Waals surface area contributed by atoms with Gasteiger partial charge in [0, 0.05) is 5.41 Å². The average Bonchev–Trinajstić information content (AvgIpc) is 2.96. The maximum Gasteiger partial charge on any atom is 0.161 e. The third-order valence-electron chi connectivity index (χ3n) is 3.31. The Hall–Kier alpha value is -2.08. The van der Waals surface area contributed by atoms with E-state index < -0.39 is 6.04 Å². The third kappa shape index (κ3) is 3.39. The van der Waals surface area contributed by atoms with E-state index in [1.54, 1.807) is 7.11 Å². The lowest BCUT2D eigenvalue weighted by Gasteiger charge is -2.14. The number of H-pyrrole nitrogens is 1. The van der Waals surface area contributed by atoms with Crippen LogP contribution in [0.3, 0.4) is 0 Å². The lowest BCUT2D eigenvalue weighted by Crippen LogP contribution is -2.16. The SMILES string of the molecule is CCOc1cc([C@H](N)c2nc(C(C)(C)C)n[nH]2)ccc1OC. The molecule has 0 aliphatic carbocycles. The molecule has 22 heavy (non-hydrogen) atoms. The summed E-state index contributed by atoms with van der Waals surface area (Å²) in [6, 6.07) is 5.24. The quantitative estimate of drug-likeness (QED) is 0.886. The molecule has 0 bridgehead atoms. The molecule has 1 heterocycles. The molecule has 0 spiro atoms. The number of aromatic amines is 1. The van der Waals surface area contributed by atoms with Crippen molar-refractivity contribution in [3.8, 4) is 11.5 Å². The number of aromatic nitrogens is 3. The van der Waals surface area contributed by atoms with Crippen molar-refractivity contribution in [3.05, 3.63) is 35.4 Å². The normalized spacial score (nSPS) is 13.0. The van der Waals surface area contributed by atoms with Crippen molar-refractivity contribution in [2.75, 3.05) is 13.7 Å². The van der Waals surface area contributed by atoms with Gasteiger partial charge in [-0.2, -0.15) is 5.10 Å². The molecule has 1 aromatic carbocycles. The number of nitrogens with zero attached hydrogens (tertiary/aromatic N) is 2. The second kappa shape index (κ2) is 6.36. The van der Waals surface area contributed by atoms with Crippen LogP contribution in [-0.4, -0.2) is 28.9 Å². The van der Waals surface area contributed by atoms with Gasteiger partial charge in [-0.1, -0.05) is 26.8 Å². The smallest absolute Gasteiger partial charge is 0.161 e. The molecule has 1 aromatic heterocycles. The van der Waals surface area contributed by atoms with Crippen LogP contribution in [0.2, 0.25) is 0 Å². The molecule has 2 rings (SSSR count). The van der Waals surface area contributed by atoms with Crippen LogP contribution in [0, 0.1) is 0 Å². The zero-order valence-electron chi connectivity index (χ0n) is 13.8. The van der Waals surface area contributed by atoms with Crippen LogP contribution >= 0.6 is 0 Å². The minimum atomic E-state index is -0.395. The summed E-state index contributed by atoms with van der Waals surface area (Å²) in [6.07, 6.45) is 0. The monoisotopic (exact) mass is 304 g/mol. The van der Waals surface area contributed by atoms with Crippen LogP contribution in [0.4, 0.5) is 0 Å². The molecule has 0 radical (unpaired) electrons. The summed E-state index contributed by atoms with van der Waals surface area (Å²) >= 11 is 0. The van der Waals surface area contributed by atoms with Crippen LogP contribution in [0.25, 0.3) is 0 Å². The van der Waals surface area contributed by atoms with E-state index >= 15 is 0 Å². The maximum atomic E-state index is 6.30. The lowest BCUT2D eigenvalue weighted by atomic mass is 9.96. The fourth-order valence-electron chi connectivity index (χ4n) is 2.06. The van der Waals surface area contributed by atoms with E-state index in [4.69, 9.17) is 15.2 Å². The van der Waals surface area contributed by atoms with E-state index in [0.717, 1.165) is 11.4 Å². The van der Waals surface area contributed by atoms with Gasteiger partial charge in [0.05, 0.1) is 19.8 Å². The Morgan fingerprint density at radius 1 is 1.27 bits per heavy atom. The lowest BCUT2D eigenvalue weighted by molar-refractivity contribution is 0.310. The molecule has 1 atom stereocenters. The summed E-state index contributed by atoms with van der Waals surface area (Å²) in [5.74, 6) is 2.74. The van der Waals surface area contributed by atoms with Crippen molar-refractivity contribution in [1.29, 1.82) is 0 Å². The van der Waals surface area contributed by atoms with Crippen molar-refractivity contribution >= 4 is 0 Å². The Kier molecular flexibility index (Phi) is 4.71. The van der Waals surface area contributed by atoms with Crippen molar-refractivity contribution in [2.45, 2.75) is 39.2 Å². The molecule has 0 aliphatic rings. The van der Waals surface area contributed by atoms with Gasteiger partial charge in [0.25, 0.3) is 0 Å². The summed E-state index contributed by atoms with van der Waals surface area (Å²) in [7, 11) is 1.61.